The van der Waals surface area contributed by atoms with Gasteiger partial charge in [0.2, 0.25) is 5.91 Å². The van der Waals surface area contributed by atoms with E-state index in [9.17, 15) is 4.79 Å². The van der Waals surface area contributed by atoms with Crippen LogP contribution in [0.15, 0.2) is 84.9 Å². The average molecular weight is 371 g/mol. The molecule has 3 rings (SSSR count). The van der Waals surface area contributed by atoms with E-state index in [4.69, 9.17) is 4.74 Å². The van der Waals surface area contributed by atoms with Gasteiger partial charge in [0.05, 0.1) is 12.6 Å². The van der Waals surface area contributed by atoms with Gasteiger partial charge in [0.15, 0.2) is 0 Å². The number of rotatable bonds is 7. The summed E-state index contributed by atoms with van der Waals surface area (Å²) in [5.41, 5.74) is 4.16. The van der Waals surface area contributed by atoms with Gasteiger partial charge in [-0.15, -0.1) is 0 Å². The molecule has 3 nitrogen and oxygen atoms in total. The highest BCUT2D eigenvalue weighted by molar-refractivity contribution is 5.92. The monoisotopic (exact) mass is 371 g/mol. The van der Waals surface area contributed by atoms with Gasteiger partial charge in [0.1, 0.15) is 5.75 Å². The Balaban J connectivity index is 1.81. The number of hydrogen-bond donors (Lipinski definition) is 1. The second kappa shape index (κ2) is 9.56. The molecule has 0 heterocycles. The first-order chi connectivity index (χ1) is 13.7. The molecule has 0 radical (unpaired) electrons. The molecule has 1 unspecified atom stereocenters. The molecule has 0 saturated carbocycles. The number of benzene rings is 3. The lowest BCUT2D eigenvalue weighted by atomic mass is 9.98. The highest BCUT2D eigenvalue weighted by Crippen LogP contribution is 2.23. The first-order valence-corrected chi connectivity index (χ1v) is 9.49. The van der Waals surface area contributed by atoms with E-state index in [1.807, 2.05) is 61.5 Å². The van der Waals surface area contributed by atoms with Crippen LogP contribution in [0, 0.1) is 6.92 Å². The maximum atomic E-state index is 12.7. The molecule has 0 saturated heterocycles. The smallest absolute Gasteiger partial charge is 0.244 e. The maximum absolute atomic E-state index is 12.7. The van der Waals surface area contributed by atoms with Gasteiger partial charge in [-0.1, -0.05) is 78.4 Å². The third-order valence-electron chi connectivity index (χ3n) is 4.46. The average Bonchev–Trinajstić information content (AvgIpc) is 2.73. The topological polar surface area (TPSA) is 38.3 Å². The number of carbonyl (C=O) groups is 1. The summed E-state index contributed by atoms with van der Waals surface area (Å²) < 4.78 is 5.62. The van der Waals surface area contributed by atoms with Gasteiger partial charge in [0.25, 0.3) is 0 Å². The Morgan fingerprint density at radius 3 is 2.29 bits per heavy atom. The van der Waals surface area contributed by atoms with Crippen molar-refractivity contribution in [2.24, 2.45) is 0 Å². The first-order valence-electron chi connectivity index (χ1n) is 9.49. The predicted octanol–water partition coefficient (Wildman–Crippen LogP) is 5.31. The Bertz CT molecular complexity index is 930. The van der Waals surface area contributed by atoms with Crippen molar-refractivity contribution in [1.29, 1.82) is 0 Å². The van der Waals surface area contributed by atoms with Crippen molar-refractivity contribution in [3.05, 3.63) is 107 Å². The van der Waals surface area contributed by atoms with Crippen molar-refractivity contribution in [1.82, 2.24) is 5.32 Å². The van der Waals surface area contributed by atoms with Crippen LogP contribution in [0.3, 0.4) is 0 Å². The molecule has 0 spiro atoms. The minimum Gasteiger partial charge on any atom is -0.493 e. The molecule has 0 aliphatic heterocycles. The fourth-order valence-electron chi connectivity index (χ4n) is 3.02. The van der Waals surface area contributed by atoms with E-state index in [2.05, 4.69) is 36.5 Å². The van der Waals surface area contributed by atoms with E-state index >= 15 is 0 Å². The summed E-state index contributed by atoms with van der Waals surface area (Å²) >= 11 is 0. The van der Waals surface area contributed by atoms with Crippen molar-refractivity contribution in [2.45, 2.75) is 19.9 Å². The summed E-state index contributed by atoms with van der Waals surface area (Å²) in [5, 5.41) is 3.12. The van der Waals surface area contributed by atoms with E-state index in [-0.39, 0.29) is 11.9 Å². The molecule has 0 aromatic heterocycles. The quantitative estimate of drug-likeness (QED) is 0.571. The molecule has 28 heavy (non-hydrogen) atoms. The number of hydrogen-bond acceptors (Lipinski definition) is 2. The van der Waals surface area contributed by atoms with Crippen LogP contribution in [0.25, 0.3) is 6.08 Å². The third-order valence-corrected chi connectivity index (χ3v) is 4.46. The van der Waals surface area contributed by atoms with Crippen molar-refractivity contribution in [3.63, 3.8) is 0 Å². The molecule has 1 N–H and O–H groups in total. The SMILES string of the molecule is CCOc1ccccc1/C=C/C(=O)NC(c1ccccc1)c1ccc(C)cc1. The fourth-order valence-corrected chi connectivity index (χ4v) is 3.02. The third kappa shape index (κ3) is 5.10. The van der Waals surface area contributed by atoms with E-state index in [1.54, 1.807) is 12.2 Å². The summed E-state index contributed by atoms with van der Waals surface area (Å²) in [6.07, 6.45) is 3.35. The lowest BCUT2D eigenvalue weighted by molar-refractivity contribution is -0.116. The van der Waals surface area contributed by atoms with Gasteiger partial charge < -0.3 is 10.1 Å². The fraction of sp³-hybridized carbons (Fsp3) is 0.160. The molecule has 0 aliphatic carbocycles. The largest absolute Gasteiger partial charge is 0.493 e. The Kier molecular flexibility index (Phi) is 6.64. The van der Waals surface area contributed by atoms with E-state index in [0.717, 1.165) is 22.4 Å². The molecule has 3 aromatic carbocycles. The summed E-state index contributed by atoms with van der Waals surface area (Å²) in [5.74, 6) is 0.618. The van der Waals surface area contributed by atoms with Crippen LogP contribution in [0.2, 0.25) is 0 Å². The molecule has 3 heteroatoms. The molecule has 0 bridgehead atoms. The lowest BCUT2D eigenvalue weighted by Gasteiger charge is -2.19. The van der Waals surface area contributed by atoms with Crippen LogP contribution >= 0.6 is 0 Å². The second-order valence-electron chi connectivity index (χ2n) is 6.57. The number of amides is 1. The molecule has 3 aromatic rings. The number of nitrogens with one attached hydrogen (secondary N) is 1. The highest BCUT2D eigenvalue weighted by atomic mass is 16.5. The van der Waals surface area contributed by atoms with E-state index in [0.29, 0.717) is 6.61 Å². The zero-order chi connectivity index (χ0) is 19.8. The van der Waals surface area contributed by atoms with Crippen molar-refractivity contribution in [3.8, 4) is 5.75 Å². The van der Waals surface area contributed by atoms with E-state index < -0.39 is 0 Å². The summed E-state index contributed by atoms with van der Waals surface area (Å²) in [4.78, 5) is 12.7. The number of aryl methyl sites for hydroxylation is 1. The van der Waals surface area contributed by atoms with Crippen LogP contribution in [-0.2, 0) is 4.79 Å². The van der Waals surface area contributed by atoms with Gasteiger partial charge in [-0.25, -0.2) is 0 Å². The number of ether oxygens (including phenoxy) is 1. The summed E-state index contributed by atoms with van der Waals surface area (Å²) in [6, 6.07) is 25.7. The molecule has 0 aliphatic rings. The normalized spacial score (nSPS) is 11.9. The highest BCUT2D eigenvalue weighted by Gasteiger charge is 2.15. The van der Waals surface area contributed by atoms with Gasteiger partial charge >= 0.3 is 0 Å². The minimum absolute atomic E-state index is 0.152. The predicted molar refractivity (Wildman–Crippen MR) is 114 cm³/mol. The molecular formula is C25H25NO2. The first kappa shape index (κ1) is 19.4. The zero-order valence-electron chi connectivity index (χ0n) is 16.3. The molecule has 0 fully saturated rings. The van der Waals surface area contributed by atoms with Crippen LogP contribution in [0.5, 0.6) is 5.75 Å². The second-order valence-corrected chi connectivity index (χ2v) is 6.57. The zero-order valence-corrected chi connectivity index (χ0v) is 16.3. The maximum Gasteiger partial charge on any atom is 0.244 e. The van der Waals surface area contributed by atoms with Crippen molar-refractivity contribution >= 4 is 12.0 Å². The van der Waals surface area contributed by atoms with Crippen LogP contribution in [0.1, 0.15) is 35.2 Å². The van der Waals surface area contributed by atoms with Crippen LogP contribution in [-0.4, -0.2) is 12.5 Å². The van der Waals surface area contributed by atoms with E-state index in [1.165, 1.54) is 5.56 Å². The summed E-state index contributed by atoms with van der Waals surface area (Å²) in [7, 11) is 0. The Morgan fingerprint density at radius 2 is 1.57 bits per heavy atom. The Labute approximate surface area is 166 Å². The Morgan fingerprint density at radius 1 is 0.929 bits per heavy atom. The van der Waals surface area contributed by atoms with Gasteiger partial charge in [-0.3, -0.25) is 4.79 Å². The van der Waals surface area contributed by atoms with Crippen molar-refractivity contribution in [2.75, 3.05) is 6.61 Å². The lowest BCUT2D eigenvalue weighted by Crippen LogP contribution is -2.27. The minimum atomic E-state index is -0.207. The number of para-hydroxylation sites is 1. The van der Waals surface area contributed by atoms with Crippen LogP contribution in [0.4, 0.5) is 0 Å². The van der Waals surface area contributed by atoms with Crippen molar-refractivity contribution < 1.29 is 9.53 Å². The Hall–Kier alpha value is -3.33. The van der Waals surface area contributed by atoms with Gasteiger partial charge in [0, 0.05) is 11.6 Å². The van der Waals surface area contributed by atoms with Gasteiger partial charge in [-0.2, -0.15) is 0 Å². The molecular weight excluding hydrogens is 346 g/mol. The number of carbonyl (C=O) groups excluding carboxylic acids is 1. The standard InChI is InChI=1S/C25H25NO2/c1-3-28-23-12-8-7-9-20(23)17-18-24(27)26-25(21-10-5-4-6-11-21)22-15-13-19(2)14-16-22/h4-18,25H,3H2,1-2H3,(H,26,27)/b18-17+. The molecule has 1 amide bonds. The summed E-state index contributed by atoms with van der Waals surface area (Å²) in [6.45, 7) is 4.58. The van der Waals surface area contributed by atoms with Crippen LogP contribution < -0.4 is 10.1 Å². The molecule has 1 atom stereocenters. The molecule has 142 valence electrons. The van der Waals surface area contributed by atoms with Gasteiger partial charge in [-0.05, 0) is 37.1 Å².